The summed E-state index contributed by atoms with van der Waals surface area (Å²) in [5, 5.41) is 0. The quantitative estimate of drug-likeness (QED) is 0.715. The van der Waals surface area contributed by atoms with E-state index in [9.17, 15) is 4.57 Å². The zero-order valence-electron chi connectivity index (χ0n) is 9.32. The molecule has 0 saturated carbocycles. The van der Waals surface area contributed by atoms with Crippen LogP contribution in [0.2, 0.25) is 0 Å². The van der Waals surface area contributed by atoms with Crippen LogP contribution in [0.4, 0.5) is 0 Å². The van der Waals surface area contributed by atoms with Gasteiger partial charge in [0.25, 0.3) is 0 Å². The van der Waals surface area contributed by atoms with Crippen molar-refractivity contribution in [2.75, 3.05) is 12.3 Å². The number of para-hydroxylation sites is 1. The van der Waals surface area contributed by atoms with Crippen LogP contribution < -0.4 is 4.52 Å². The molecule has 2 nitrogen and oxygen atoms in total. The molecule has 82 valence electrons. The van der Waals surface area contributed by atoms with E-state index >= 15 is 0 Å². The van der Waals surface area contributed by atoms with Gasteiger partial charge in [-0.3, -0.25) is 4.57 Å². The zero-order chi connectivity index (χ0) is 10.9. The summed E-state index contributed by atoms with van der Waals surface area (Å²) in [5.74, 6) is 0.836. The fraction of sp³-hybridized carbons (Fsp3) is 0.500. The molecule has 0 radical (unpaired) electrons. The molecule has 0 unspecified atom stereocenters. The highest BCUT2D eigenvalue weighted by Gasteiger charge is 2.30. The lowest BCUT2D eigenvalue weighted by atomic mass is 10.1. The topological polar surface area (TPSA) is 26.3 Å². The van der Waals surface area contributed by atoms with Crippen LogP contribution in [0.1, 0.15) is 24.0 Å². The van der Waals surface area contributed by atoms with Gasteiger partial charge in [0, 0.05) is 12.3 Å². The van der Waals surface area contributed by atoms with Gasteiger partial charge in [0.05, 0.1) is 0 Å². The van der Waals surface area contributed by atoms with Crippen LogP contribution in [0.25, 0.3) is 0 Å². The Morgan fingerprint density at radius 2 is 1.67 bits per heavy atom. The van der Waals surface area contributed by atoms with Crippen LogP contribution in [0.15, 0.2) is 18.2 Å². The van der Waals surface area contributed by atoms with Crippen molar-refractivity contribution in [3.63, 3.8) is 0 Å². The molecule has 2 rings (SSSR count). The van der Waals surface area contributed by atoms with Crippen molar-refractivity contribution in [1.29, 1.82) is 0 Å². The third-order valence-corrected chi connectivity index (χ3v) is 5.42. The molecule has 0 bridgehead atoms. The Kier molecular flexibility index (Phi) is 2.88. The van der Waals surface area contributed by atoms with Crippen LogP contribution in [-0.4, -0.2) is 12.3 Å². The first-order valence-electron chi connectivity index (χ1n) is 5.45. The van der Waals surface area contributed by atoms with Crippen LogP contribution in [-0.2, 0) is 4.57 Å². The summed E-state index contributed by atoms with van der Waals surface area (Å²) < 4.78 is 18.0. The molecule has 1 fully saturated rings. The first kappa shape index (κ1) is 10.8. The van der Waals surface area contributed by atoms with E-state index in [2.05, 4.69) is 0 Å². The highest BCUT2D eigenvalue weighted by molar-refractivity contribution is 7.59. The maximum atomic E-state index is 12.3. The first-order valence-corrected chi connectivity index (χ1v) is 7.44. The van der Waals surface area contributed by atoms with E-state index in [0.29, 0.717) is 0 Å². The zero-order valence-corrected chi connectivity index (χ0v) is 10.2. The molecule has 1 aromatic rings. The molecule has 1 aromatic carbocycles. The van der Waals surface area contributed by atoms with Crippen LogP contribution in [0, 0.1) is 13.8 Å². The minimum atomic E-state index is -2.35. The summed E-state index contributed by atoms with van der Waals surface area (Å²) in [5.41, 5.74) is 2.16. The average Bonchev–Trinajstić information content (AvgIpc) is 2.60. The van der Waals surface area contributed by atoms with E-state index in [1.807, 2.05) is 32.0 Å². The number of aryl methyl sites for hydroxylation is 2. The van der Waals surface area contributed by atoms with Crippen molar-refractivity contribution in [1.82, 2.24) is 0 Å². The molecule has 1 heterocycles. The summed E-state index contributed by atoms with van der Waals surface area (Å²) in [6.45, 7) is 4.01. The Morgan fingerprint density at radius 3 is 2.20 bits per heavy atom. The second kappa shape index (κ2) is 4.02. The molecule has 3 heteroatoms. The minimum Gasteiger partial charge on any atom is -0.442 e. The predicted octanol–water partition coefficient (Wildman–Crippen LogP) is 3.75. The summed E-state index contributed by atoms with van der Waals surface area (Å²) >= 11 is 0. The second-order valence-corrected chi connectivity index (χ2v) is 6.99. The van der Waals surface area contributed by atoms with E-state index in [4.69, 9.17) is 4.52 Å². The minimum absolute atomic E-state index is 0.751. The van der Waals surface area contributed by atoms with Gasteiger partial charge in [-0.1, -0.05) is 18.2 Å². The van der Waals surface area contributed by atoms with E-state index in [1.165, 1.54) is 0 Å². The SMILES string of the molecule is Cc1cccc(C)c1OP1(=O)CCCC1. The van der Waals surface area contributed by atoms with Crippen LogP contribution in [0.5, 0.6) is 5.75 Å². The normalized spacial score (nSPS) is 19.1. The molecular formula is C12H17O2P. The lowest BCUT2D eigenvalue weighted by molar-refractivity contribution is 0.484. The lowest BCUT2D eigenvalue weighted by Gasteiger charge is -2.17. The van der Waals surface area contributed by atoms with Crippen LogP contribution >= 0.6 is 7.37 Å². The molecule has 15 heavy (non-hydrogen) atoms. The molecule has 1 aliphatic heterocycles. The second-order valence-electron chi connectivity index (χ2n) is 4.28. The summed E-state index contributed by atoms with van der Waals surface area (Å²) in [7, 11) is -2.35. The van der Waals surface area contributed by atoms with E-state index < -0.39 is 7.37 Å². The van der Waals surface area contributed by atoms with E-state index in [-0.39, 0.29) is 0 Å². The van der Waals surface area contributed by atoms with Crippen molar-refractivity contribution in [2.45, 2.75) is 26.7 Å². The van der Waals surface area contributed by atoms with Crippen LogP contribution in [0.3, 0.4) is 0 Å². The molecule has 0 atom stereocenters. The van der Waals surface area contributed by atoms with Gasteiger partial charge in [-0.2, -0.15) is 0 Å². The van der Waals surface area contributed by atoms with Crippen molar-refractivity contribution in [2.24, 2.45) is 0 Å². The highest BCUT2D eigenvalue weighted by Crippen LogP contribution is 2.53. The van der Waals surface area contributed by atoms with Gasteiger partial charge < -0.3 is 4.52 Å². The van der Waals surface area contributed by atoms with Gasteiger partial charge in [-0.05, 0) is 37.8 Å². The Bertz CT molecular complexity index is 382. The first-order chi connectivity index (χ1) is 7.11. The molecule has 0 aromatic heterocycles. The maximum Gasteiger partial charge on any atom is 0.247 e. The molecule has 0 spiro atoms. The molecule has 0 amide bonds. The third kappa shape index (κ3) is 2.26. The molecule has 1 aliphatic rings. The van der Waals surface area contributed by atoms with Gasteiger partial charge in [0.15, 0.2) is 0 Å². The summed E-state index contributed by atoms with van der Waals surface area (Å²) in [6, 6.07) is 6.01. The number of rotatable bonds is 2. The fourth-order valence-corrected chi connectivity index (χ4v) is 4.46. The van der Waals surface area contributed by atoms with E-state index in [1.54, 1.807) is 0 Å². The molecule has 1 saturated heterocycles. The van der Waals surface area contributed by atoms with Crippen molar-refractivity contribution >= 4 is 7.37 Å². The Balaban J connectivity index is 2.27. The average molecular weight is 224 g/mol. The maximum absolute atomic E-state index is 12.3. The Hall–Kier alpha value is -0.750. The number of hydrogen-bond acceptors (Lipinski definition) is 2. The summed E-state index contributed by atoms with van der Waals surface area (Å²) in [6.07, 6.45) is 3.59. The third-order valence-electron chi connectivity index (χ3n) is 2.91. The van der Waals surface area contributed by atoms with Gasteiger partial charge in [-0.25, -0.2) is 0 Å². The predicted molar refractivity (Wildman–Crippen MR) is 63.1 cm³/mol. The van der Waals surface area contributed by atoms with Gasteiger partial charge in [0.2, 0.25) is 7.37 Å². The van der Waals surface area contributed by atoms with Crippen molar-refractivity contribution in [3.8, 4) is 5.75 Å². The number of hydrogen-bond donors (Lipinski definition) is 0. The van der Waals surface area contributed by atoms with Crippen molar-refractivity contribution < 1.29 is 9.09 Å². The molecule has 0 aliphatic carbocycles. The monoisotopic (exact) mass is 224 g/mol. The number of benzene rings is 1. The van der Waals surface area contributed by atoms with Gasteiger partial charge >= 0.3 is 0 Å². The molecule has 0 N–H and O–H groups in total. The van der Waals surface area contributed by atoms with E-state index in [0.717, 1.165) is 42.0 Å². The summed E-state index contributed by atoms with van der Waals surface area (Å²) in [4.78, 5) is 0. The smallest absolute Gasteiger partial charge is 0.247 e. The van der Waals surface area contributed by atoms with Gasteiger partial charge in [-0.15, -0.1) is 0 Å². The highest BCUT2D eigenvalue weighted by atomic mass is 31.2. The Labute approximate surface area is 91.1 Å². The fourth-order valence-electron chi connectivity index (χ4n) is 2.02. The van der Waals surface area contributed by atoms with Crippen molar-refractivity contribution in [3.05, 3.63) is 29.3 Å². The standard InChI is InChI=1S/C12H17O2P/c1-10-6-5-7-11(2)12(10)14-15(13)8-3-4-9-15/h5-7H,3-4,8-9H2,1-2H3. The largest absolute Gasteiger partial charge is 0.442 e. The Morgan fingerprint density at radius 1 is 1.13 bits per heavy atom. The molecular weight excluding hydrogens is 207 g/mol. The van der Waals surface area contributed by atoms with Gasteiger partial charge in [0.1, 0.15) is 5.75 Å². The lowest BCUT2D eigenvalue weighted by Crippen LogP contribution is -1.97.